The highest BCUT2D eigenvalue weighted by atomic mass is 16.3. The van der Waals surface area contributed by atoms with E-state index in [-0.39, 0.29) is 24.4 Å². The molecule has 8 heteroatoms. The molecule has 1 unspecified atom stereocenters. The minimum Gasteiger partial charge on any atom is -0.467 e. The highest BCUT2D eigenvalue weighted by molar-refractivity contribution is 6.08. The summed E-state index contributed by atoms with van der Waals surface area (Å²) in [5.74, 6) is 0.722. The molecule has 5 rings (SSSR count). The topological polar surface area (TPSA) is 100 Å². The van der Waals surface area contributed by atoms with Gasteiger partial charge < -0.3 is 19.5 Å². The summed E-state index contributed by atoms with van der Waals surface area (Å²) >= 11 is 0. The van der Waals surface area contributed by atoms with Gasteiger partial charge in [-0.05, 0) is 48.5 Å². The standard InChI is InChI=1S/C26H22N4O4/c31-25(30-22(24-13-7-15-34-24)16-21(29-30)23-12-6-14-33-23)17-27-20-11-5-4-10-19(20)26(32)28-18-8-2-1-3-9-18/h1-15,22,27H,16-17H2,(H,28,32). The Kier molecular flexibility index (Phi) is 5.94. The van der Waals surface area contributed by atoms with Gasteiger partial charge in [-0.25, -0.2) is 5.01 Å². The summed E-state index contributed by atoms with van der Waals surface area (Å²) in [6, 6.07) is 23.1. The molecule has 34 heavy (non-hydrogen) atoms. The number of anilines is 2. The van der Waals surface area contributed by atoms with E-state index in [1.807, 2.05) is 42.5 Å². The monoisotopic (exact) mass is 454 g/mol. The van der Waals surface area contributed by atoms with Crippen LogP contribution in [0.1, 0.15) is 34.3 Å². The van der Waals surface area contributed by atoms with Gasteiger partial charge in [0, 0.05) is 17.8 Å². The maximum atomic E-state index is 13.2. The van der Waals surface area contributed by atoms with Crippen LogP contribution in [-0.2, 0) is 4.79 Å². The van der Waals surface area contributed by atoms with Gasteiger partial charge in [0.15, 0.2) is 0 Å². The number of furan rings is 2. The van der Waals surface area contributed by atoms with Gasteiger partial charge in [-0.2, -0.15) is 5.10 Å². The van der Waals surface area contributed by atoms with E-state index in [1.165, 1.54) is 5.01 Å². The largest absolute Gasteiger partial charge is 0.467 e. The van der Waals surface area contributed by atoms with Crippen molar-refractivity contribution in [2.45, 2.75) is 12.5 Å². The summed E-state index contributed by atoms with van der Waals surface area (Å²) in [4.78, 5) is 26.0. The van der Waals surface area contributed by atoms with E-state index in [1.54, 1.807) is 48.9 Å². The number of benzene rings is 2. The highest BCUT2D eigenvalue weighted by Gasteiger charge is 2.35. The lowest BCUT2D eigenvalue weighted by Crippen LogP contribution is -2.32. The third-order valence-corrected chi connectivity index (χ3v) is 5.48. The average molecular weight is 454 g/mol. The first-order chi connectivity index (χ1) is 16.7. The molecule has 4 aromatic rings. The van der Waals surface area contributed by atoms with E-state index >= 15 is 0 Å². The van der Waals surface area contributed by atoms with Crippen molar-refractivity contribution in [1.82, 2.24) is 5.01 Å². The van der Waals surface area contributed by atoms with Gasteiger partial charge in [0.2, 0.25) is 0 Å². The van der Waals surface area contributed by atoms with E-state index in [9.17, 15) is 9.59 Å². The SMILES string of the molecule is O=C(Nc1ccccc1)c1ccccc1NCC(=O)N1N=C(c2ccco2)CC1c1ccco1. The maximum Gasteiger partial charge on any atom is 0.262 e. The molecule has 3 heterocycles. The summed E-state index contributed by atoms with van der Waals surface area (Å²) in [5, 5.41) is 11.9. The van der Waals surface area contributed by atoms with Crippen LogP contribution in [0, 0.1) is 0 Å². The Balaban J connectivity index is 1.32. The fourth-order valence-electron chi connectivity index (χ4n) is 3.84. The third kappa shape index (κ3) is 4.47. The summed E-state index contributed by atoms with van der Waals surface area (Å²) in [7, 11) is 0. The molecule has 2 aromatic heterocycles. The smallest absolute Gasteiger partial charge is 0.262 e. The van der Waals surface area contributed by atoms with Crippen LogP contribution in [0.4, 0.5) is 11.4 Å². The number of carbonyl (C=O) groups is 2. The molecule has 2 aromatic carbocycles. The molecule has 1 aliphatic heterocycles. The van der Waals surface area contributed by atoms with Gasteiger partial charge in [-0.3, -0.25) is 9.59 Å². The zero-order chi connectivity index (χ0) is 23.3. The Hall–Kier alpha value is -4.59. The molecule has 2 amide bonds. The molecule has 1 aliphatic rings. The lowest BCUT2D eigenvalue weighted by molar-refractivity contribution is -0.131. The number of rotatable bonds is 7. The third-order valence-electron chi connectivity index (χ3n) is 5.48. The molecular formula is C26H22N4O4. The maximum absolute atomic E-state index is 13.2. The minimum atomic E-state index is -0.374. The predicted octanol–water partition coefficient (Wildman–Crippen LogP) is 4.91. The van der Waals surface area contributed by atoms with Crippen molar-refractivity contribution in [3.63, 3.8) is 0 Å². The van der Waals surface area contributed by atoms with Gasteiger partial charge >= 0.3 is 0 Å². The van der Waals surface area contributed by atoms with Crippen molar-refractivity contribution in [3.05, 3.63) is 108 Å². The van der Waals surface area contributed by atoms with Gasteiger partial charge in [0.25, 0.3) is 11.8 Å². The van der Waals surface area contributed by atoms with Crippen molar-refractivity contribution in [1.29, 1.82) is 0 Å². The summed E-state index contributed by atoms with van der Waals surface area (Å²) < 4.78 is 11.0. The molecule has 0 fully saturated rings. The molecule has 0 radical (unpaired) electrons. The number of hydrogen-bond donors (Lipinski definition) is 2. The highest BCUT2D eigenvalue weighted by Crippen LogP contribution is 2.33. The fraction of sp³-hybridized carbons (Fsp3) is 0.115. The number of amides is 2. The zero-order valence-electron chi connectivity index (χ0n) is 18.2. The molecular weight excluding hydrogens is 432 g/mol. The van der Waals surface area contributed by atoms with E-state index in [4.69, 9.17) is 8.83 Å². The number of nitrogens with one attached hydrogen (secondary N) is 2. The lowest BCUT2D eigenvalue weighted by atomic mass is 10.1. The van der Waals surface area contributed by atoms with Crippen molar-refractivity contribution in [2.75, 3.05) is 17.2 Å². The Bertz CT molecular complexity index is 1300. The molecule has 0 spiro atoms. The fourth-order valence-corrected chi connectivity index (χ4v) is 3.84. The second kappa shape index (κ2) is 9.50. The average Bonchev–Trinajstić information content (AvgIpc) is 3.64. The second-order valence-corrected chi connectivity index (χ2v) is 7.72. The number of nitrogens with zero attached hydrogens (tertiary/aromatic N) is 2. The first-order valence-corrected chi connectivity index (χ1v) is 10.8. The molecule has 0 aliphatic carbocycles. The van der Waals surface area contributed by atoms with Crippen LogP contribution in [0.25, 0.3) is 0 Å². The number of carbonyl (C=O) groups excluding carboxylic acids is 2. The molecule has 2 N–H and O–H groups in total. The first-order valence-electron chi connectivity index (χ1n) is 10.8. The van der Waals surface area contributed by atoms with E-state index in [0.29, 0.717) is 40.6 Å². The van der Waals surface area contributed by atoms with Crippen LogP contribution in [0.15, 0.2) is 105 Å². The van der Waals surface area contributed by atoms with Crippen molar-refractivity contribution >= 4 is 28.9 Å². The van der Waals surface area contributed by atoms with Crippen molar-refractivity contribution < 1.29 is 18.4 Å². The molecule has 0 saturated heterocycles. The predicted molar refractivity (Wildman–Crippen MR) is 127 cm³/mol. The zero-order valence-corrected chi connectivity index (χ0v) is 18.2. The van der Waals surface area contributed by atoms with Gasteiger partial charge in [0.1, 0.15) is 23.3 Å². The molecule has 170 valence electrons. The van der Waals surface area contributed by atoms with Gasteiger partial charge in [0.05, 0.1) is 24.6 Å². The molecule has 8 nitrogen and oxygen atoms in total. The number of hydrazone groups is 1. The van der Waals surface area contributed by atoms with Crippen molar-refractivity contribution in [3.8, 4) is 0 Å². The Morgan fingerprint density at radius 3 is 2.44 bits per heavy atom. The number of hydrogen-bond acceptors (Lipinski definition) is 6. The van der Waals surface area contributed by atoms with Gasteiger partial charge in [-0.1, -0.05) is 30.3 Å². The van der Waals surface area contributed by atoms with E-state index < -0.39 is 0 Å². The molecule has 0 saturated carbocycles. The molecule has 1 atom stereocenters. The summed E-state index contributed by atoms with van der Waals surface area (Å²) in [6.45, 7) is -0.0538. The van der Waals surface area contributed by atoms with Crippen LogP contribution in [0.5, 0.6) is 0 Å². The lowest BCUT2D eigenvalue weighted by Gasteiger charge is -2.20. The van der Waals surface area contributed by atoms with E-state index in [0.717, 1.165) is 0 Å². The van der Waals surface area contributed by atoms with Crippen LogP contribution >= 0.6 is 0 Å². The quantitative estimate of drug-likeness (QED) is 0.413. The minimum absolute atomic E-state index is 0.0538. The Morgan fingerprint density at radius 1 is 0.912 bits per heavy atom. The van der Waals surface area contributed by atoms with E-state index in [2.05, 4.69) is 15.7 Å². The van der Waals surface area contributed by atoms with Crippen molar-refractivity contribution in [2.24, 2.45) is 5.10 Å². The normalized spacial score (nSPS) is 15.1. The summed E-state index contributed by atoms with van der Waals surface area (Å²) in [5.41, 5.74) is 2.34. The Morgan fingerprint density at radius 2 is 1.68 bits per heavy atom. The Labute approximate surface area is 195 Å². The van der Waals surface area contributed by atoms with Crippen LogP contribution in [0.2, 0.25) is 0 Å². The van der Waals surface area contributed by atoms with Crippen LogP contribution < -0.4 is 10.6 Å². The molecule has 0 bridgehead atoms. The number of para-hydroxylation sites is 2. The summed E-state index contributed by atoms with van der Waals surface area (Å²) in [6.07, 6.45) is 3.62. The van der Waals surface area contributed by atoms with Gasteiger partial charge in [-0.15, -0.1) is 0 Å². The first kappa shape index (κ1) is 21.3. The van der Waals surface area contributed by atoms with Crippen LogP contribution in [-0.4, -0.2) is 29.1 Å². The van der Waals surface area contributed by atoms with Crippen LogP contribution in [0.3, 0.4) is 0 Å². The second-order valence-electron chi connectivity index (χ2n) is 7.72.